The lowest BCUT2D eigenvalue weighted by atomic mass is 9.98. The van der Waals surface area contributed by atoms with Gasteiger partial charge >= 0.3 is 23.9 Å². The van der Waals surface area contributed by atoms with Crippen LogP contribution in [0.1, 0.15) is 27.7 Å². The molecule has 1 aromatic carbocycles. The zero-order valence-electron chi connectivity index (χ0n) is 18.2. The molecule has 4 unspecified atom stereocenters. The van der Waals surface area contributed by atoms with Crippen LogP contribution in [0.4, 0.5) is 5.69 Å². The van der Waals surface area contributed by atoms with Crippen molar-refractivity contribution in [2.24, 2.45) is 0 Å². The summed E-state index contributed by atoms with van der Waals surface area (Å²) in [6.07, 6.45) is -6.86. The molecule has 0 saturated carbocycles. The Kier molecular flexibility index (Phi) is 8.68. The van der Waals surface area contributed by atoms with Gasteiger partial charge in [0.25, 0.3) is 5.69 Å². The summed E-state index contributed by atoms with van der Waals surface area (Å²) in [5.41, 5.74) is -0.280. The summed E-state index contributed by atoms with van der Waals surface area (Å²) in [5, 5.41) is 11.1. The first-order valence-corrected chi connectivity index (χ1v) is 9.69. The molecule has 13 nitrogen and oxygen atoms in total. The molecule has 180 valence electrons. The van der Waals surface area contributed by atoms with Gasteiger partial charge in [-0.3, -0.25) is 29.3 Å². The van der Waals surface area contributed by atoms with E-state index in [-0.39, 0.29) is 11.4 Å². The summed E-state index contributed by atoms with van der Waals surface area (Å²) >= 11 is 0. The SMILES string of the molecule is CC(=O)OCC1OC(Oc2cccc([N+](=O)[O-])c2)C(OC(C)=O)C(OC(C)=O)[C@H]1OC(C)=O. The number of non-ortho nitro benzene ring substituents is 1. The molecule has 2 rings (SSSR count). The van der Waals surface area contributed by atoms with Crippen LogP contribution in [0.2, 0.25) is 0 Å². The van der Waals surface area contributed by atoms with E-state index in [4.69, 9.17) is 28.4 Å². The molecule has 1 aliphatic heterocycles. The lowest BCUT2D eigenvalue weighted by Gasteiger charge is -2.43. The minimum absolute atomic E-state index is 0.0231. The third-order valence-corrected chi connectivity index (χ3v) is 4.23. The number of carbonyl (C=O) groups is 4. The van der Waals surface area contributed by atoms with Gasteiger partial charge in [-0.2, -0.15) is 0 Å². The molecule has 0 spiro atoms. The van der Waals surface area contributed by atoms with Crippen molar-refractivity contribution in [2.75, 3.05) is 6.61 Å². The average molecular weight is 469 g/mol. The van der Waals surface area contributed by atoms with Crippen LogP contribution >= 0.6 is 0 Å². The standard InChI is InChI=1S/C20H23NO12/c1-10(22)28-9-16-17(29-11(2)23)18(30-12(3)24)19(31-13(4)25)20(33-16)32-15-7-5-6-14(8-15)21(26)27/h5-8,16-20H,9H2,1-4H3/t16?,17-,18?,19?,20?/m0/s1. The van der Waals surface area contributed by atoms with Crippen molar-refractivity contribution in [1.82, 2.24) is 0 Å². The number of rotatable bonds is 8. The van der Waals surface area contributed by atoms with Crippen LogP contribution in [0.25, 0.3) is 0 Å². The molecule has 1 aliphatic rings. The lowest BCUT2D eigenvalue weighted by Crippen LogP contribution is -2.63. The van der Waals surface area contributed by atoms with Crippen molar-refractivity contribution in [1.29, 1.82) is 0 Å². The number of nitro benzene ring substituents is 1. The first kappa shape index (κ1) is 25.5. The molecular weight excluding hydrogens is 446 g/mol. The lowest BCUT2D eigenvalue weighted by molar-refractivity contribution is -0.385. The summed E-state index contributed by atoms with van der Waals surface area (Å²) < 4.78 is 32.2. The molecule has 0 radical (unpaired) electrons. The molecule has 0 amide bonds. The maximum absolute atomic E-state index is 11.8. The molecule has 0 N–H and O–H groups in total. The highest BCUT2D eigenvalue weighted by Crippen LogP contribution is 2.31. The van der Waals surface area contributed by atoms with Crippen molar-refractivity contribution in [3.8, 4) is 5.75 Å². The van der Waals surface area contributed by atoms with Crippen LogP contribution in [0.3, 0.4) is 0 Å². The summed E-state index contributed by atoms with van der Waals surface area (Å²) in [6.45, 7) is 3.99. The number of esters is 4. The molecule has 33 heavy (non-hydrogen) atoms. The molecule has 1 saturated heterocycles. The van der Waals surface area contributed by atoms with Crippen LogP contribution < -0.4 is 4.74 Å². The Bertz CT molecular complexity index is 916. The Hall–Kier alpha value is -3.74. The van der Waals surface area contributed by atoms with Crippen molar-refractivity contribution in [3.63, 3.8) is 0 Å². The Balaban J connectivity index is 2.47. The summed E-state index contributed by atoms with van der Waals surface area (Å²) in [4.78, 5) is 57.0. The van der Waals surface area contributed by atoms with Crippen molar-refractivity contribution >= 4 is 29.6 Å². The molecular formula is C20H23NO12. The fourth-order valence-corrected chi connectivity index (χ4v) is 3.09. The van der Waals surface area contributed by atoms with Crippen LogP contribution in [0, 0.1) is 10.1 Å². The van der Waals surface area contributed by atoms with E-state index in [1.165, 1.54) is 18.2 Å². The molecule has 1 heterocycles. The van der Waals surface area contributed by atoms with Gasteiger partial charge in [-0.05, 0) is 6.07 Å². The van der Waals surface area contributed by atoms with E-state index >= 15 is 0 Å². The number of ether oxygens (including phenoxy) is 6. The maximum atomic E-state index is 11.8. The van der Waals surface area contributed by atoms with Gasteiger partial charge in [0.1, 0.15) is 18.5 Å². The Morgan fingerprint density at radius 2 is 1.48 bits per heavy atom. The monoisotopic (exact) mass is 469 g/mol. The number of nitrogens with zero attached hydrogens (tertiary/aromatic N) is 1. The van der Waals surface area contributed by atoms with Gasteiger partial charge in [-0.1, -0.05) is 6.07 Å². The van der Waals surface area contributed by atoms with Gasteiger partial charge < -0.3 is 28.4 Å². The number of benzene rings is 1. The first-order chi connectivity index (χ1) is 15.5. The topological polar surface area (TPSA) is 167 Å². The average Bonchev–Trinajstić information content (AvgIpc) is 2.70. The predicted molar refractivity (Wildman–Crippen MR) is 106 cm³/mol. The number of hydrogen-bond donors (Lipinski definition) is 0. The highest BCUT2D eigenvalue weighted by molar-refractivity contribution is 5.68. The third-order valence-electron chi connectivity index (χ3n) is 4.23. The number of nitro groups is 1. The normalized spacial score (nSPS) is 24.2. The van der Waals surface area contributed by atoms with Gasteiger partial charge in [0.2, 0.25) is 12.4 Å². The first-order valence-electron chi connectivity index (χ1n) is 9.69. The minimum atomic E-state index is -1.48. The largest absolute Gasteiger partial charge is 0.463 e. The Morgan fingerprint density at radius 3 is 2.03 bits per heavy atom. The van der Waals surface area contributed by atoms with Crippen LogP contribution in [-0.4, -0.2) is 66.1 Å². The summed E-state index contributed by atoms with van der Waals surface area (Å²) in [5.74, 6) is -3.05. The van der Waals surface area contributed by atoms with Gasteiger partial charge in [0.05, 0.1) is 11.0 Å². The molecule has 0 aromatic heterocycles. The van der Waals surface area contributed by atoms with E-state index in [9.17, 15) is 29.3 Å². The molecule has 13 heteroatoms. The zero-order chi connectivity index (χ0) is 24.7. The van der Waals surface area contributed by atoms with Gasteiger partial charge in [0, 0.05) is 33.8 Å². The molecule has 1 fully saturated rings. The fourth-order valence-electron chi connectivity index (χ4n) is 3.09. The van der Waals surface area contributed by atoms with E-state index in [1.54, 1.807) is 0 Å². The molecule has 0 bridgehead atoms. The van der Waals surface area contributed by atoms with E-state index in [0.717, 1.165) is 33.8 Å². The third kappa shape index (κ3) is 7.42. The second-order valence-electron chi connectivity index (χ2n) is 6.94. The highest BCUT2D eigenvalue weighted by Gasteiger charge is 2.53. The molecule has 5 atom stereocenters. The van der Waals surface area contributed by atoms with Crippen LogP contribution in [-0.2, 0) is 42.9 Å². The second-order valence-corrected chi connectivity index (χ2v) is 6.94. The summed E-state index contributed by atoms with van der Waals surface area (Å²) in [7, 11) is 0. The van der Waals surface area contributed by atoms with E-state index in [2.05, 4.69) is 0 Å². The maximum Gasteiger partial charge on any atom is 0.303 e. The molecule has 0 aliphatic carbocycles. The van der Waals surface area contributed by atoms with E-state index in [1.807, 2.05) is 0 Å². The highest BCUT2D eigenvalue weighted by atomic mass is 16.7. The van der Waals surface area contributed by atoms with Crippen LogP contribution in [0.5, 0.6) is 5.75 Å². The Morgan fingerprint density at radius 1 is 0.909 bits per heavy atom. The smallest absolute Gasteiger partial charge is 0.303 e. The van der Waals surface area contributed by atoms with E-state index in [0.29, 0.717) is 0 Å². The predicted octanol–water partition coefficient (Wildman–Crippen LogP) is 1.06. The zero-order valence-corrected chi connectivity index (χ0v) is 18.2. The van der Waals surface area contributed by atoms with Crippen LogP contribution in [0.15, 0.2) is 24.3 Å². The van der Waals surface area contributed by atoms with Crippen molar-refractivity contribution in [3.05, 3.63) is 34.4 Å². The van der Waals surface area contributed by atoms with Gasteiger partial charge in [-0.25, -0.2) is 0 Å². The van der Waals surface area contributed by atoms with Gasteiger partial charge in [-0.15, -0.1) is 0 Å². The molecule has 1 aromatic rings. The quantitative estimate of drug-likeness (QED) is 0.230. The van der Waals surface area contributed by atoms with Gasteiger partial charge in [0.15, 0.2) is 12.2 Å². The van der Waals surface area contributed by atoms with Crippen molar-refractivity contribution < 1.29 is 52.5 Å². The summed E-state index contributed by atoms with van der Waals surface area (Å²) in [6, 6.07) is 5.09. The number of hydrogen-bond acceptors (Lipinski definition) is 12. The number of carbonyl (C=O) groups excluding carboxylic acids is 4. The van der Waals surface area contributed by atoms with Crippen molar-refractivity contribution in [2.45, 2.75) is 58.4 Å². The van der Waals surface area contributed by atoms with E-state index < -0.39 is 66.1 Å². The Labute approximate surface area is 188 Å². The minimum Gasteiger partial charge on any atom is -0.463 e. The fraction of sp³-hybridized carbons (Fsp3) is 0.500. The second kappa shape index (κ2) is 11.2.